The fourth-order valence-electron chi connectivity index (χ4n) is 4.04. The first-order valence-electron chi connectivity index (χ1n) is 12.1. The zero-order valence-corrected chi connectivity index (χ0v) is 22.4. The van der Waals surface area contributed by atoms with Crippen molar-refractivity contribution in [2.75, 3.05) is 35.9 Å². The molecule has 1 aliphatic rings. The highest BCUT2D eigenvalue weighted by Gasteiger charge is 2.23. The summed E-state index contributed by atoms with van der Waals surface area (Å²) in [4.78, 5) is 26.2. The normalized spacial score (nSPS) is 11.9. The maximum absolute atomic E-state index is 13.3. The molecule has 0 saturated carbocycles. The third kappa shape index (κ3) is 5.40. The molecule has 1 aliphatic heterocycles. The van der Waals surface area contributed by atoms with Gasteiger partial charge in [0.1, 0.15) is 5.75 Å². The van der Waals surface area contributed by atoms with Crippen LogP contribution in [0.5, 0.6) is 17.2 Å². The zero-order valence-electron chi connectivity index (χ0n) is 21.6. The molecule has 4 aromatic rings. The van der Waals surface area contributed by atoms with Crippen LogP contribution in [0.2, 0.25) is 0 Å². The van der Waals surface area contributed by atoms with Gasteiger partial charge in [-0.25, -0.2) is 8.42 Å². The van der Waals surface area contributed by atoms with Gasteiger partial charge in [0.2, 0.25) is 6.79 Å². The van der Waals surface area contributed by atoms with E-state index in [4.69, 9.17) is 14.2 Å². The van der Waals surface area contributed by atoms with Crippen LogP contribution in [0.1, 0.15) is 20.7 Å². The van der Waals surface area contributed by atoms with Crippen LogP contribution in [0.3, 0.4) is 0 Å². The van der Waals surface area contributed by atoms with E-state index in [0.29, 0.717) is 28.6 Å². The second-order valence-corrected chi connectivity index (χ2v) is 10.7. The molecule has 0 spiro atoms. The smallest absolute Gasteiger partial charge is 0.264 e. The largest absolute Gasteiger partial charge is 0.497 e. The van der Waals surface area contributed by atoms with Crippen molar-refractivity contribution in [3.63, 3.8) is 0 Å². The Morgan fingerprint density at radius 2 is 1.57 bits per heavy atom. The quantitative estimate of drug-likeness (QED) is 0.319. The Bertz CT molecular complexity index is 1690. The second-order valence-electron chi connectivity index (χ2n) is 8.72. The van der Waals surface area contributed by atoms with E-state index >= 15 is 0 Å². The number of nitrogens with one attached hydrogen (secondary N) is 2. The number of ether oxygens (including phenoxy) is 3. The number of carbonyl (C=O) groups is 2. The molecule has 0 fully saturated rings. The Kier molecular flexibility index (Phi) is 7.30. The Hall–Kier alpha value is -5.03. The van der Waals surface area contributed by atoms with Gasteiger partial charge in [-0.2, -0.15) is 0 Å². The van der Waals surface area contributed by atoms with Crippen LogP contribution in [0.15, 0.2) is 95.9 Å². The fourth-order valence-corrected chi connectivity index (χ4v) is 5.29. The molecular weight excluding hydrogens is 534 g/mol. The monoisotopic (exact) mass is 559 g/mol. The molecule has 0 unspecified atom stereocenters. The van der Waals surface area contributed by atoms with Crippen LogP contribution in [-0.4, -0.2) is 41.2 Å². The summed E-state index contributed by atoms with van der Waals surface area (Å²) in [6, 6.07) is 23.8. The Morgan fingerprint density at radius 1 is 0.825 bits per heavy atom. The highest BCUT2D eigenvalue weighted by Crippen LogP contribution is 2.34. The molecule has 5 rings (SSSR count). The number of para-hydroxylation sites is 1. The van der Waals surface area contributed by atoms with Crippen LogP contribution in [0.4, 0.5) is 17.1 Å². The average molecular weight is 560 g/mol. The predicted molar refractivity (Wildman–Crippen MR) is 150 cm³/mol. The number of carbonyl (C=O) groups excluding carboxylic acids is 2. The maximum atomic E-state index is 13.3. The minimum Gasteiger partial charge on any atom is -0.497 e. The zero-order chi connectivity index (χ0) is 28.3. The number of rotatable bonds is 8. The second kappa shape index (κ2) is 11.0. The van der Waals surface area contributed by atoms with Gasteiger partial charge in [-0.3, -0.25) is 13.9 Å². The Balaban J connectivity index is 1.34. The number of methoxy groups -OCH3 is 1. The molecule has 10 nitrogen and oxygen atoms in total. The molecule has 2 amide bonds. The predicted octanol–water partition coefficient (Wildman–Crippen LogP) is 4.75. The minimum atomic E-state index is -3.97. The van der Waals surface area contributed by atoms with Crippen molar-refractivity contribution in [2.24, 2.45) is 0 Å². The summed E-state index contributed by atoms with van der Waals surface area (Å²) in [5.41, 5.74) is 1.51. The lowest BCUT2D eigenvalue weighted by atomic mass is 10.1. The molecule has 204 valence electrons. The van der Waals surface area contributed by atoms with Gasteiger partial charge in [0.05, 0.1) is 28.9 Å². The highest BCUT2D eigenvalue weighted by molar-refractivity contribution is 7.92. The van der Waals surface area contributed by atoms with E-state index in [1.165, 1.54) is 38.4 Å². The van der Waals surface area contributed by atoms with Crippen molar-refractivity contribution < 1.29 is 32.2 Å². The van der Waals surface area contributed by atoms with E-state index in [-0.39, 0.29) is 28.5 Å². The summed E-state index contributed by atoms with van der Waals surface area (Å²) in [5, 5.41) is 5.51. The lowest BCUT2D eigenvalue weighted by Crippen LogP contribution is -2.27. The molecule has 11 heteroatoms. The summed E-state index contributed by atoms with van der Waals surface area (Å²) in [6.45, 7) is 0.113. The lowest BCUT2D eigenvalue weighted by Gasteiger charge is -2.20. The van der Waals surface area contributed by atoms with Gasteiger partial charge >= 0.3 is 0 Å². The molecular formula is C29H25N3O7S. The molecule has 0 atom stereocenters. The first-order valence-corrected chi connectivity index (χ1v) is 13.5. The van der Waals surface area contributed by atoms with Crippen LogP contribution < -0.4 is 29.1 Å². The van der Waals surface area contributed by atoms with Crippen molar-refractivity contribution in [1.82, 2.24) is 0 Å². The van der Waals surface area contributed by atoms with E-state index in [1.54, 1.807) is 66.7 Å². The van der Waals surface area contributed by atoms with Crippen molar-refractivity contribution >= 4 is 38.9 Å². The summed E-state index contributed by atoms with van der Waals surface area (Å²) in [5.74, 6) is 0.676. The third-order valence-electron chi connectivity index (χ3n) is 6.24. The van der Waals surface area contributed by atoms with Gasteiger partial charge in [0.25, 0.3) is 21.8 Å². The average Bonchev–Trinajstić information content (AvgIpc) is 3.45. The number of sulfonamides is 1. The van der Waals surface area contributed by atoms with Crippen LogP contribution in [0, 0.1) is 0 Å². The molecule has 0 radical (unpaired) electrons. The first-order chi connectivity index (χ1) is 19.3. The summed E-state index contributed by atoms with van der Waals surface area (Å²) >= 11 is 0. The summed E-state index contributed by atoms with van der Waals surface area (Å²) < 4.78 is 43.5. The standard InChI is InChI=1S/C29H25N3O7S/c1-32(21-11-13-22(37-2)14-12-21)40(35,36)23-7-5-6-19(16-23)28(33)31-25-9-4-3-8-24(25)29(34)30-20-10-15-26-27(17-20)39-18-38-26/h3-17H,18H2,1-2H3,(H,30,34)(H,31,33). The third-order valence-corrected chi connectivity index (χ3v) is 8.02. The van der Waals surface area contributed by atoms with Gasteiger partial charge in [-0.05, 0) is 66.7 Å². The molecule has 4 aromatic carbocycles. The molecule has 0 saturated heterocycles. The SMILES string of the molecule is COc1ccc(N(C)S(=O)(=O)c2cccc(C(=O)Nc3ccccc3C(=O)Nc3ccc4c(c3)OCO4)c2)cc1. The van der Waals surface area contributed by atoms with Gasteiger partial charge < -0.3 is 24.8 Å². The summed E-state index contributed by atoms with van der Waals surface area (Å²) in [6.07, 6.45) is 0. The van der Waals surface area contributed by atoms with E-state index in [0.717, 1.165) is 4.31 Å². The number of anilines is 3. The fraction of sp³-hybridized carbons (Fsp3) is 0.103. The molecule has 0 aromatic heterocycles. The molecule has 0 bridgehead atoms. The van der Waals surface area contributed by atoms with Gasteiger partial charge in [0.15, 0.2) is 11.5 Å². The Labute approximate surface area is 231 Å². The van der Waals surface area contributed by atoms with Crippen molar-refractivity contribution in [1.29, 1.82) is 0 Å². The molecule has 2 N–H and O–H groups in total. The molecule has 0 aliphatic carbocycles. The van der Waals surface area contributed by atoms with E-state index in [1.807, 2.05) is 0 Å². The lowest BCUT2D eigenvalue weighted by molar-refractivity contribution is 0.102. The van der Waals surface area contributed by atoms with Crippen molar-refractivity contribution in [2.45, 2.75) is 4.90 Å². The number of fused-ring (bicyclic) bond motifs is 1. The van der Waals surface area contributed by atoms with Gasteiger partial charge in [-0.15, -0.1) is 0 Å². The maximum Gasteiger partial charge on any atom is 0.264 e. The van der Waals surface area contributed by atoms with E-state index in [9.17, 15) is 18.0 Å². The van der Waals surface area contributed by atoms with E-state index in [2.05, 4.69) is 10.6 Å². The topological polar surface area (TPSA) is 123 Å². The summed E-state index contributed by atoms with van der Waals surface area (Å²) in [7, 11) is -1.02. The van der Waals surface area contributed by atoms with E-state index < -0.39 is 21.8 Å². The first kappa shape index (κ1) is 26.6. The van der Waals surface area contributed by atoms with Crippen molar-refractivity contribution in [3.8, 4) is 17.2 Å². The van der Waals surface area contributed by atoms with Crippen LogP contribution >= 0.6 is 0 Å². The number of amides is 2. The number of hydrogen-bond acceptors (Lipinski definition) is 7. The molecule has 1 heterocycles. The Morgan fingerprint density at radius 3 is 2.35 bits per heavy atom. The number of hydrogen-bond donors (Lipinski definition) is 2. The molecule has 40 heavy (non-hydrogen) atoms. The van der Waals surface area contributed by atoms with Gasteiger partial charge in [0, 0.05) is 24.4 Å². The van der Waals surface area contributed by atoms with Crippen LogP contribution in [0.25, 0.3) is 0 Å². The number of nitrogens with zero attached hydrogens (tertiary/aromatic N) is 1. The number of benzene rings is 4. The minimum absolute atomic E-state index is 0.0627. The van der Waals surface area contributed by atoms with Crippen molar-refractivity contribution in [3.05, 3.63) is 102 Å². The highest BCUT2D eigenvalue weighted by atomic mass is 32.2. The van der Waals surface area contributed by atoms with Crippen LogP contribution in [-0.2, 0) is 10.0 Å². The van der Waals surface area contributed by atoms with Gasteiger partial charge in [-0.1, -0.05) is 18.2 Å².